The predicted molar refractivity (Wildman–Crippen MR) is 82.2 cm³/mol. The van der Waals surface area contributed by atoms with E-state index in [4.69, 9.17) is 5.26 Å². The van der Waals surface area contributed by atoms with Crippen molar-refractivity contribution in [3.05, 3.63) is 35.1 Å². The quantitative estimate of drug-likeness (QED) is 0.808. The molecule has 0 saturated carbocycles. The van der Waals surface area contributed by atoms with Crippen molar-refractivity contribution in [2.24, 2.45) is 5.92 Å². The van der Waals surface area contributed by atoms with E-state index in [2.05, 4.69) is 19.2 Å². The number of benzene rings is 1. The SMILES string of the molecule is CC(C)CCC(C)(O)CNC(C)c1ccc(C#N)c(F)c1. The molecule has 3 nitrogen and oxygen atoms in total. The molecule has 0 spiro atoms. The van der Waals surface area contributed by atoms with Crippen molar-refractivity contribution in [1.82, 2.24) is 5.32 Å². The van der Waals surface area contributed by atoms with E-state index in [1.165, 1.54) is 12.1 Å². The minimum Gasteiger partial charge on any atom is -0.389 e. The van der Waals surface area contributed by atoms with Crippen molar-refractivity contribution in [3.63, 3.8) is 0 Å². The Bertz CT molecular complexity index is 506. The minimum atomic E-state index is -0.774. The fourth-order valence-corrected chi connectivity index (χ4v) is 2.07. The zero-order valence-electron chi connectivity index (χ0n) is 13.3. The van der Waals surface area contributed by atoms with Crippen molar-refractivity contribution >= 4 is 0 Å². The number of nitriles is 1. The van der Waals surface area contributed by atoms with Crippen molar-refractivity contribution < 1.29 is 9.50 Å². The van der Waals surface area contributed by atoms with Gasteiger partial charge in [-0.05, 0) is 50.3 Å². The predicted octanol–water partition coefficient (Wildman–Crippen LogP) is 3.54. The van der Waals surface area contributed by atoms with Gasteiger partial charge in [0.2, 0.25) is 0 Å². The van der Waals surface area contributed by atoms with Gasteiger partial charge in [-0.15, -0.1) is 0 Å². The summed E-state index contributed by atoms with van der Waals surface area (Å²) >= 11 is 0. The molecule has 0 aliphatic carbocycles. The van der Waals surface area contributed by atoms with Gasteiger partial charge in [-0.25, -0.2) is 4.39 Å². The molecule has 0 aromatic heterocycles. The summed E-state index contributed by atoms with van der Waals surface area (Å²) in [5.41, 5.74) is 0.0463. The van der Waals surface area contributed by atoms with Gasteiger partial charge >= 0.3 is 0 Å². The zero-order chi connectivity index (χ0) is 16.0. The molecule has 4 heteroatoms. The highest BCUT2D eigenvalue weighted by Gasteiger charge is 2.21. The molecule has 21 heavy (non-hydrogen) atoms. The Morgan fingerprint density at radius 1 is 1.38 bits per heavy atom. The van der Waals surface area contributed by atoms with Gasteiger partial charge in [0.15, 0.2) is 0 Å². The largest absolute Gasteiger partial charge is 0.389 e. The number of rotatable bonds is 7. The van der Waals surface area contributed by atoms with Gasteiger partial charge in [-0.3, -0.25) is 0 Å². The molecule has 0 fully saturated rings. The molecular weight excluding hydrogens is 267 g/mol. The summed E-state index contributed by atoms with van der Waals surface area (Å²) < 4.78 is 13.6. The third-order valence-corrected chi connectivity index (χ3v) is 3.66. The second-order valence-electron chi connectivity index (χ2n) is 6.38. The molecule has 2 atom stereocenters. The lowest BCUT2D eigenvalue weighted by atomic mass is 9.94. The average Bonchev–Trinajstić information content (AvgIpc) is 2.42. The highest BCUT2D eigenvalue weighted by atomic mass is 19.1. The van der Waals surface area contributed by atoms with Crippen LogP contribution in [0, 0.1) is 23.1 Å². The van der Waals surface area contributed by atoms with E-state index in [9.17, 15) is 9.50 Å². The molecule has 0 aliphatic rings. The monoisotopic (exact) mass is 292 g/mol. The Hall–Kier alpha value is -1.44. The molecule has 1 aromatic carbocycles. The van der Waals surface area contributed by atoms with Crippen LogP contribution in [0.25, 0.3) is 0 Å². The summed E-state index contributed by atoms with van der Waals surface area (Å²) in [6.45, 7) is 8.44. The maximum Gasteiger partial charge on any atom is 0.141 e. The third kappa shape index (κ3) is 5.82. The summed E-state index contributed by atoms with van der Waals surface area (Å²) in [7, 11) is 0. The molecule has 0 amide bonds. The van der Waals surface area contributed by atoms with Crippen molar-refractivity contribution in [2.45, 2.75) is 52.2 Å². The Labute approximate surface area is 126 Å². The summed E-state index contributed by atoms with van der Waals surface area (Å²) in [6.07, 6.45) is 1.70. The topological polar surface area (TPSA) is 56.0 Å². The van der Waals surface area contributed by atoms with Crippen LogP contribution in [0.5, 0.6) is 0 Å². The highest BCUT2D eigenvalue weighted by molar-refractivity contribution is 5.34. The van der Waals surface area contributed by atoms with Gasteiger partial charge in [0.05, 0.1) is 11.2 Å². The molecule has 0 aliphatic heterocycles. The first-order valence-corrected chi connectivity index (χ1v) is 7.40. The Kier molecular flexibility index (Phi) is 6.32. The number of halogens is 1. The molecular formula is C17H25FN2O. The second kappa shape index (κ2) is 7.53. The van der Waals surface area contributed by atoms with Crippen molar-refractivity contribution in [2.75, 3.05) is 6.54 Å². The molecule has 2 N–H and O–H groups in total. The van der Waals surface area contributed by atoms with Crippen LogP contribution in [-0.4, -0.2) is 17.3 Å². The number of nitrogens with zero attached hydrogens (tertiary/aromatic N) is 1. The number of hydrogen-bond acceptors (Lipinski definition) is 3. The van der Waals surface area contributed by atoms with Crippen LogP contribution in [0.2, 0.25) is 0 Å². The molecule has 0 radical (unpaired) electrons. The van der Waals surface area contributed by atoms with Crippen LogP contribution in [-0.2, 0) is 0 Å². The van der Waals surface area contributed by atoms with E-state index in [0.29, 0.717) is 12.5 Å². The summed E-state index contributed by atoms with van der Waals surface area (Å²) in [4.78, 5) is 0. The van der Waals surface area contributed by atoms with Crippen LogP contribution < -0.4 is 5.32 Å². The Morgan fingerprint density at radius 3 is 2.57 bits per heavy atom. The first-order valence-electron chi connectivity index (χ1n) is 7.40. The first-order chi connectivity index (χ1) is 9.75. The maximum atomic E-state index is 13.6. The van der Waals surface area contributed by atoms with Gasteiger partial charge in [0.1, 0.15) is 11.9 Å². The van der Waals surface area contributed by atoms with Crippen LogP contribution in [0.3, 0.4) is 0 Å². The Morgan fingerprint density at radius 2 is 2.05 bits per heavy atom. The number of nitrogens with one attached hydrogen (secondary N) is 1. The average molecular weight is 292 g/mol. The van der Waals surface area contributed by atoms with E-state index in [1.807, 2.05) is 19.9 Å². The molecule has 0 saturated heterocycles. The summed E-state index contributed by atoms with van der Waals surface area (Å²) in [5, 5.41) is 22.3. The fourth-order valence-electron chi connectivity index (χ4n) is 2.07. The van der Waals surface area contributed by atoms with E-state index in [0.717, 1.165) is 18.4 Å². The fraction of sp³-hybridized carbons (Fsp3) is 0.588. The van der Waals surface area contributed by atoms with Crippen LogP contribution in [0.15, 0.2) is 18.2 Å². The molecule has 116 valence electrons. The van der Waals surface area contributed by atoms with Gasteiger partial charge in [0.25, 0.3) is 0 Å². The van der Waals surface area contributed by atoms with E-state index >= 15 is 0 Å². The Balaban J connectivity index is 2.59. The van der Waals surface area contributed by atoms with Crippen LogP contribution >= 0.6 is 0 Å². The lowest BCUT2D eigenvalue weighted by Gasteiger charge is -2.27. The van der Waals surface area contributed by atoms with Crippen LogP contribution in [0.1, 0.15) is 57.7 Å². The lowest BCUT2D eigenvalue weighted by molar-refractivity contribution is 0.0430. The number of aliphatic hydroxyl groups is 1. The summed E-state index contributed by atoms with van der Waals surface area (Å²) in [5.74, 6) is 0.0525. The third-order valence-electron chi connectivity index (χ3n) is 3.66. The van der Waals surface area contributed by atoms with E-state index in [-0.39, 0.29) is 11.6 Å². The molecule has 0 bridgehead atoms. The van der Waals surface area contributed by atoms with Crippen molar-refractivity contribution in [3.8, 4) is 6.07 Å². The normalized spacial score (nSPS) is 15.5. The molecule has 1 rings (SSSR count). The van der Waals surface area contributed by atoms with E-state index in [1.54, 1.807) is 6.07 Å². The van der Waals surface area contributed by atoms with Gasteiger partial charge in [-0.1, -0.05) is 19.9 Å². The number of hydrogen-bond donors (Lipinski definition) is 2. The van der Waals surface area contributed by atoms with E-state index < -0.39 is 11.4 Å². The van der Waals surface area contributed by atoms with Crippen molar-refractivity contribution in [1.29, 1.82) is 5.26 Å². The van der Waals surface area contributed by atoms with Gasteiger partial charge in [-0.2, -0.15) is 5.26 Å². The minimum absolute atomic E-state index is 0.0508. The summed E-state index contributed by atoms with van der Waals surface area (Å²) in [6, 6.07) is 6.32. The van der Waals surface area contributed by atoms with Crippen LogP contribution in [0.4, 0.5) is 4.39 Å². The molecule has 1 aromatic rings. The zero-order valence-corrected chi connectivity index (χ0v) is 13.3. The highest BCUT2D eigenvalue weighted by Crippen LogP contribution is 2.19. The maximum absolute atomic E-state index is 13.6. The van der Waals surface area contributed by atoms with Gasteiger partial charge in [0, 0.05) is 12.6 Å². The smallest absolute Gasteiger partial charge is 0.141 e. The van der Waals surface area contributed by atoms with Gasteiger partial charge < -0.3 is 10.4 Å². The standard InChI is InChI=1S/C17H25FN2O/c1-12(2)7-8-17(4,21)11-20-13(3)14-5-6-15(10-19)16(18)9-14/h5-6,9,12-13,20-21H,7-8,11H2,1-4H3. The lowest BCUT2D eigenvalue weighted by Crippen LogP contribution is -2.39. The first kappa shape index (κ1) is 17.6. The molecule has 2 unspecified atom stereocenters. The second-order valence-corrected chi connectivity index (χ2v) is 6.38. The molecule has 0 heterocycles.